The minimum atomic E-state index is 0.0439. The molecule has 1 aromatic carbocycles. The molecule has 126 valence electrons. The van der Waals surface area contributed by atoms with Crippen LogP contribution < -0.4 is 5.32 Å². The van der Waals surface area contributed by atoms with Gasteiger partial charge in [0.2, 0.25) is 0 Å². The van der Waals surface area contributed by atoms with Crippen LogP contribution in [0.5, 0.6) is 0 Å². The number of benzene rings is 1. The molecule has 0 spiro atoms. The average Bonchev–Trinajstić information content (AvgIpc) is 3.07. The zero-order valence-corrected chi connectivity index (χ0v) is 13.7. The lowest BCUT2D eigenvalue weighted by Crippen LogP contribution is -2.48. The van der Waals surface area contributed by atoms with Crippen LogP contribution in [0.25, 0.3) is 0 Å². The first-order chi connectivity index (χ1) is 11.2. The van der Waals surface area contributed by atoms with E-state index in [-0.39, 0.29) is 24.6 Å². The molecule has 2 aliphatic rings. The van der Waals surface area contributed by atoms with E-state index in [0.717, 1.165) is 45.4 Å². The molecule has 2 aliphatic heterocycles. The topological polar surface area (TPSA) is 55.8 Å². The molecule has 0 radical (unpaired) electrons. The normalized spacial score (nSPS) is 23.2. The number of rotatable bonds is 4. The number of likely N-dealkylation sites (tertiary alicyclic amines) is 2. The number of amides is 2. The summed E-state index contributed by atoms with van der Waals surface area (Å²) in [5.41, 5.74) is 1.35. The fourth-order valence-electron chi connectivity index (χ4n) is 3.51. The molecule has 3 rings (SSSR count). The van der Waals surface area contributed by atoms with Gasteiger partial charge in [0.1, 0.15) is 0 Å². The quantitative estimate of drug-likeness (QED) is 0.888. The van der Waals surface area contributed by atoms with Gasteiger partial charge in [-0.3, -0.25) is 4.90 Å². The van der Waals surface area contributed by atoms with E-state index in [1.165, 1.54) is 5.56 Å². The number of hydrogen-bond donors (Lipinski definition) is 2. The average molecular weight is 317 g/mol. The van der Waals surface area contributed by atoms with Gasteiger partial charge < -0.3 is 15.3 Å². The number of piperidine rings is 1. The number of carbonyl (C=O) groups excluding carboxylic acids is 1. The largest absolute Gasteiger partial charge is 0.396 e. The van der Waals surface area contributed by atoms with Gasteiger partial charge in [0.05, 0.1) is 0 Å². The molecule has 5 nitrogen and oxygen atoms in total. The highest BCUT2D eigenvalue weighted by atomic mass is 16.3. The Morgan fingerprint density at radius 1 is 1.13 bits per heavy atom. The smallest absolute Gasteiger partial charge is 0.317 e. The molecule has 2 saturated heterocycles. The Morgan fingerprint density at radius 3 is 2.52 bits per heavy atom. The van der Waals surface area contributed by atoms with E-state index < -0.39 is 0 Å². The summed E-state index contributed by atoms with van der Waals surface area (Å²) < 4.78 is 0. The second kappa shape index (κ2) is 7.79. The molecule has 2 heterocycles. The molecule has 0 aliphatic carbocycles. The Balaban J connectivity index is 1.40. The van der Waals surface area contributed by atoms with E-state index in [4.69, 9.17) is 0 Å². The Hall–Kier alpha value is -1.59. The first kappa shape index (κ1) is 16.3. The van der Waals surface area contributed by atoms with E-state index >= 15 is 0 Å². The fraction of sp³-hybridized carbons (Fsp3) is 0.611. The summed E-state index contributed by atoms with van der Waals surface area (Å²) in [6, 6.07) is 10.9. The van der Waals surface area contributed by atoms with Gasteiger partial charge in [0.25, 0.3) is 0 Å². The molecule has 5 heteroatoms. The molecular weight excluding hydrogens is 290 g/mol. The van der Waals surface area contributed by atoms with Crippen molar-refractivity contribution in [2.75, 3.05) is 32.8 Å². The summed E-state index contributed by atoms with van der Waals surface area (Å²) in [5, 5.41) is 12.3. The maximum atomic E-state index is 12.3. The highest BCUT2D eigenvalue weighted by Gasteiger charge is 2.28. The van der Waals surface area contributed by atoms with E-state index in [2.05, 4.69) is 34.5 Å². The van der Waals surface area contributed by atoms with E-state index in [1.807, 2.05) is 11.0 Å². The summed E-state index contributed by atoms with van der Waals surface area (Å²) in [7, 11) is 0. The lowest BCUT2D eigenvalue weighted by atomic mass is 10.0. The third-order valence-electron chi connectivity index (χ3n) is 5.00. The summed E-state index contributed by atoms with van der Waals surface area (Å²) in [4.78, 5) is 16.6. The van der Waals surface area contributed by atoms with Crippen molar-refractivity contribution in [3.63, 3.8) is 0 Å². The van der Waals surface area contributed by atoms with Crippen molar-refractivity contribution in [1.82, 2.24) is 15.1 Å². The van der Waals surface area contributed by atoms with Gasteiger partial charge in [-0.25, -0.2) is 4.79 Å². The van der Waals surface area contributed by atoms with Crippen LogP contribution in [0.1, 0.15) is 24.8 Å². The van der Waals surface area contributed by atoms with Crippen LogP contribution in [0.3, 0.4) is 0 Å². The van der Waals surface area contributed by atoms with Gasteiger partial charge in [-0.1, -0.05) is 30.3 Å². The number of urea groups is 1. The van der Waals surface area contributed by atoms with Crippen LogP contribution in [0.15, 0.2) is 30.3 Å². The molecule has 23 heavy (non-hydrogen) atoms. The van der Waals surface area contributed by atoms with Crippen LogP contribution in [0, 0.1) is 5.92 Å². The van der Waals surface area contributed by atoms with Crippen molar-refractivity contribution in [3.05, 3.63) is 35.9 Å². The van der Waals surface area contributed by atoms with Gasteiger partial charge in [0.15, 0.2) is 0 Å². The standard InChI is InChI=1S/C18H27N3O2/c22-14-16-6-11-21(13-16)18(23)19-17-7-9-20(10-8-17)12-15-4-2-1-3-5-15/h1-5,16-17,22H,6-14H2,(H,19,23). The monoisotopic (exact) mass is 317 g/mol. The van der Waals surface area contributed by atoms with E-state index in [0.29, 0.717) is 6.54 Å². The molecular formula is C18H27N3O2. The second-order valence-corrected chi connectivity index (χ2v) is 6.77. The predicted octanol–water partition coefficient (Wildman–Crippen LogP) is 1.67. The summed E-state index contributed by atoms with van der Waals surface area (Å²) in [6.07, 6.45) is 2.94. The summed E-state index contributed by atoms with van der Waals surface area (Å²) >= 11 is 0. The fourth-order valence-corrected chi connectivity index (χ4v) is 3.51. The van der Waals surface area contributed by atoms with Gasteiger partial charge in [-0.2, -0.15) is 0 Å². The third kappa shape index (κ3) is 4.45. The van der Waals surface area contributed by atoms with E-state index in [1.54, 1.807) is 0 Å². The van der Waals surface area contributed by atoms with Crippen LogP contribution >= 0.6 is 0 Å². The van der Waals surface area contributed by atoms with Crippen molar-refractivity contribution in [1.29, 1.82) is 0 Å². The van der Waals surface area contributed by atoms with Crippen molar-refractivity contribution < 1.29 is 9.90 Å². The highest BCUT2D eigenvalue weighted by Crippen LogP contribution is 2.17. The van der Waals surface area contributed by atoms with Crippen LogP contribution in [-0.4, -0.2) is 59.8 Å². The molecule has 1 atom stereocenters. The van der Waals surface area contributed by atoms with Crippen LogP contribution in [0.2, 0.25) is 0 Å². The van der Waals surface area contributed by atoms with E-state index in [9.17, 15) is 9.90 Å². The SMILES string of the molecule is O=C(NC1CCN(Cc2ccccc2)CC1)N1CCC(CO)C1. The first-order valence-electron chi connectivity index (χ1n) is 8.67. The number of carbonyl (C=O) groups is 1. The van der Waals surface area contributed by atoms with Crippen molar-refractivity contribution in [2.45, 2.75) is 31.8 Å². The lowest BCUT2D eigenvalue weighted by Gasteiger charge is -2.33. The van der Waals surface area contributed by atoms with Gasteiger partial charge in [-0.15, -0.1) is 0 Å². The number of nitrogens with zero attached hydrogens (tertiary/aromatic N) is 2. The zero-order chi connectivity index (χ0) is 16.1. The van der Waals surface area contributed by atoms with Gasteiger partial charge in [-0.05, 0) is 24.8 Å². The summed E-state index contributed by atoms with van der Waals surface area (Å²) in [5.74, 6) is 0.258. The number of aliphatic hydroxyl groups excluding tert-OH is 1. The maximum absolute atomic E-state index is 12.3. The number of nitrogens with one attached hydrogen (secondary N) is 1. The van der Waals surface area contributed by atoms with Crippen LogP contribution in [-0.2, 0) is 6.54 Å². The number of aliphatic hydroxyl groups is 1. The second-order valence-electron chi connectivity index (χ2n) is 6.77. The Labute approximate surface area is 138 Å². The highest BCUT2D eigenvalue weighted by molar-refractivity contribution is 5.74. The predicted molar refractivity (Wildman–Crippen MR) is 90.0 cm³/mol. The Kier molecular flexibility index (Phi) is 5.51. The molecule has 1 unspecified atom stereocenters. The van der Waals surface area contributed by atoms with Gasteiger partial charge >= 0.3 is 6.03 Å². The molecule has 2 amide bonds. The van der Waals surface area contributed by atoms with Crippen LogP contribution in [0.4, 0.5) is 4.79 Å². The first-order valence-corrected chi connectivity index (χ1v) is 8.67. The van der Waals surface area contributed by atoms with Gasteiger partial charge in [0, 0.05) is 51.3 Å². The molecule has 2 fully saturated rings. The minimum Gasteiger partial charge on any atom is -0.396 e. The molecule has 0 aromatic heterocycles. The minimum absolute atomic E-state index is 0.0439. The van der Waals surface area contributed by atoms with Crippen molar-refractivity contribution in [2.24, 2.45) is 5.92 Å². The maximum Gasteiger partial charge on any atom is 0.317 e. The zero-order valence-electron chi connectivity index (χ0n) is 13.7. The summed E-state index contributed by atoms with van der Waals surface area (Å²) in [6.45, 7) is 4.69. The molecule has 1 aromatic rings. The van der Waals surface area contributed by atoms with Crippen molar-refractivity contribution in [3.8, 4) is 0 Å². The van der Waals surface area contributed by atoms with Crippen molar-refractivity contribution >= 4 is 6.03 Å². The third-order valence-corrected chi connectivity index (χ3v) is 5.00. The molecule has 2 N–H and O–H groups in total. The molecule has 0 bridgehead atoms. The Bertz CT molecular complexity index is 500. The molecule has 0 saturated carbocycles. The Morgan fingerprint density at radius 2 is 1.87 bits per heavy atom. The lowest BCUT2D eigenvalue weighted by molar-refractivity contribution is 0.171. The number of hydrogen-bond acceptors (Lipinski definition) is 3.